The lowest BCUT2D eigenvalue weighted by molar-refractivity contribution is 0.0695. The molecule has 0 fully saturated rings. The second-order valence-electron chi connectivity index (χ2n) is 2.06. The van der Waals surface area contributed by atoms with Crippen LogP contribution in [0.3, 0.4) is 0 Å². The molecule has 1 rings (SSSR count). The van der Waals surface area contributed by atoms with Crippen LogP contribution in [-0.2, 0) is 0 Å². The molecule has 0 aromatic heterocycles. The standard InChI is InChI=1S/C7H3ClF2O2/c8-6-4(9)1-3(7(11)12)2-5(6)10/h1-2H,(H,11,12). The Morgan fingerprint density at radius 1 is 1.33 bits per heavy atom. The average Bonchev–Trinajstić information content (AvgIpc) is 1.99. The zero-order valence-corrected chi connectivity index (χ0v) is 6.40. The van der Waals surface area contributed by atoms with Crippen LogP contribution < -0.4 is 0 Å². The van der Waals surface area contributed by atoms with E-state index in [4.69, 9.17) is 16.7 Å². The van der Waals surface area contributed by atoms with Gasteiger partial charge in [0.05, 0.1) is 5.56 Å². The Bertz CT molecular complexity index is 315. The summed E-state index contributed by atoms with van der Waals surface area (Å²) in [5.74, 6) is -3.55. The first kappa shape index (κ1) is 8.93. The van der Waals surface area contributed by atoms with Crippen LogP contribution in [-0.4, -0.2) is 11.1 Å². The van der Waals surface area contributed by atoms with E-state index in [2.05, 4.69) is 0 Å². The first-order valence-corrected chi connectivity index (χ1v) is 3.28. The maximum atomic E-state index is 12.6. The van der Waals surface area contributed by atoms with Crippen LogP contribution >= 0.6 is 11.6 Å². The quantitative estimate of drug-likeness (QED) is 0.694. The third kappa shape index (κ3) is 1.53. The molecule has 0 atom stereocenters. The Morgan fingerprint density at radius 3 is 2.08 bits per heavy atom. The summed E-state index contributed by atoms with van der Waals surface area (Å²) in [5, 5.41) is 7.65. The number of hydrogen-bond acceptors (Lipinski definition) is 1. The molecule has 0 radical (unpaired) electrons. The minimum Gasteiger partial charge on any atom is -0.478 e. The molecule has 2 nitrogen and oxygen atoms in total. The van der Waals surface area contributed by atoms with Gasteiger partial charge in [0.1, 0.15) is 16.7 Å². The molecule has 0 saturated carbocycles. The van der Waals surface area contributed by atoms with Crippen molar-refractivity contribution in [2.24, 2.45) is 0 Å². The van der Waals surface area contributed by atoms with Crippen LogP contribution in [0.4, 0.5) is 8.78 Å². The topological polar surface area (TPSA) is 37.3 Å². The van der Waals surface area contributed by atoms with Gasteiger partial charge < -0.3 is 5.11 Å². The molecule has 1 aromatic rings. The molecule has 1 aromatic carbocycles. The summed E-state index contributed by atoms with van der Waals surface area (Å²) >= 11 is 5.11. The molecular formula is C7H3ClF2O2. The molecule has 0 aliphatic carbocycles. The van der Waals surface area contributed by atoms with E-state index in [0.29, 0.717) is 12.1 Å². The summed E-state index contributed by atoms with van der Waals surface area (Å²) in [6, 6.07) is 1.32. The molecule has 5 heteroatoms. The van der Waals surface area contributed by atoms with E-state index in [0.717, 1.165) is 0 Å². The monoisotopic (exact) mass is 192 g/mol. The van der Waals surface area contributed by atoms with Gasteiger partial charge in [0, 0.05) is 0 Å². The van der Waals surface area contributed by atoms with Crippen molar-refractivity contribution < 1.29 is 18.7 Å². The third-order valence-electron chi connectivity index (χ3n) is 1.23. The zero-order valence-electron chi connectivity index (χ0n) is 5.64. The first-order valence-electron chi connectivity index (χ1n) is 2.90. The number of aromatic carboxylic acids is 1. The molecule has 0 aliphatic rings. The molecule has 0 aliphatic heterocycles. The van der Waals surface area contributed by atoms with E-state index in [1.807, 2.05) is 0 Å². The number of carbonyl (C=O) groups is 1. The molecule has 0 unspecified atom stereocenters. The van der Waals surface area contributed by atoms with E-state index in [-0.39, 0.29) is 0 Å². The number of benzene rings is 1. The fourth-order valence-corrected chi connectivity index (χ4v) is 0.788. The van der Waals surface area contributed by atoms with Gasteiger partial charge in [-0.2, -0.15) is 0 Å². The van der Waals surface area contributed by atoms with Crippen molar-refractivity contribution in [3.05, 3.63) is 34.4 Å². The highest BCUT2D eigenvalue weighted by Gasteiger charge is 2.12. The molecule has 0 spiro atoms. The van der Waals surface area contributed by atoms with Gasteiger partial charge in [0.25, 0.3) is 0 Å². The van der Waals surface area contributed by atoms with Crippen molar-refractivity contribution in [3.8, 4) is 0 Å². The number of hydrogen-bond donors (Lipinski definition) is 1. The summed E-state index contributed by atoms with van der Waals surface area (Å²) < 4.78 is 25.1. The summed E-state index contributed by atoms with van der Waals surface area (Å²) in [6.07, 6.45) is 0. The van der Waals surface area contributed by atoms with Crippen LogP contribution in [0.2, 0.25) is 5.02 Å². The van der Waals surface area contributed by atoms with Gasteiger partial charge in [-0.05, 0) is 12.1 Å². The Labute approximate surface area is 71.4 Å². The molecule has 0 heterocycles. The maximum absolute atomic E-state index is 12.6. The first-order chi connectivity index (χ1) is 5.52. The van der Waals surface area contributed by atoms with Gasteiger partial charge in [0.15, 0.2) is 0 Å². The third-order valence-corrected chi connectivity index (χ3v) is 1.59. The molecule has 12 heavy (non-hydrogen) atoms. The SMILES string of the molecule is O=C(O)c1cc(F)c(Cl)c(F)c1. The molecule has 1 N–H and O–H groups in total. The average molecular weight is 193 g/mol. The largest absolute Gasteiger partial charge is 0.478 e. The van der Waals surface area contributed by atoms with E-state index >= 15 is 0 Å². The predicted molar refractivity (Wildman–Crippen MR) is 38.3 cm³/mol. The smallest absolute Gasteiger partial charge is 0.335 e. The van der Waals surface area contributed by atoms with Crippen molar-refractivity contribution >= 4 is 17.6 Å². The van der Waals surface area contributed by atoms with Crippen LogP contribution in [0, 0.1) is 11.6 Å². The molecule has 0 bridgehead atoms. The van der Waals surface area contributed by atoms with E-state index in [1.54, 1.807) is 0 Å². The van der Waals surface area contributed by atoms with Crippen molar-refractivity contribution in [1.82, 2.24) is 0 Å². The normalized spacial score (nSPS) is 9.92. The van der Waals surface area contributed by atoms with Crippen LogP contribution in [0.1, 0.15) is 10.4 Å². The summed E-state index contributed by atoms with van der Waals surface area (Å²) in [4.78, 5) is 10.2. The lowest BCUT2D eigenvalue weighted by Gasteiger charge is -1.98. The van der Waals surface area contributed by atoms with Crippen molar-refractivity contribution in [2.45, 2.75) is 0 Å². The summed E-state index contributed by atoms with van der Waals surface area (Å²) in [7, 11) is 0. The van der Waals surface area contributed by atoms with Gasteiger partial charge in [-0.3, -0.25) is 0 Å². The van der Waals surface area contributed by atoms with Crippen molar-refractivity contribution in [3.63, 3.8) is 0 Å². The predicted octanol–water partition coefficient (Wildman–Crippen LogP) is 2.32. The van der Waals surface area contributed by atoms with Gasteiger partial charge >= 0.3 is 5.97 Å². The summed E-state index contributed by atoms with van der Waals surface area (Å²) in [5.41, 5.74) is -0.464. The van der Waals surface area contributed by atoms with Gasteiger partial charge in [0.2, 0.25) is 0 Å². The molecule has 64 valence electrons. The second-order valence-corrected chi connectivity index (χ2v) is 2.44. The maximum Gasteiger partial charge on any atom is 0.335 e. The molecule has 0 saturated heterocycles. The fraction of sp³-hybridized carbons (Fsp3) is 0. The van der Waals surface area contributed by atoms with Crippen LogP contribution in [0.15, 0.2) is 12.1 Å². The van der Waals surface area contributed by atoms with E-state index in [1.165, 1.54) is 0 Å². The van der Waals surface area contributed by atoms with Crippen molar-refractivity contribution in [2.75, 3.05) is 0 Å². The lowest BCUT2D eigenvalue weighted by Crippen LogP contribution is -1.98. The number of carboxylic acids is 1. The van der Waals surface area contributed by atoms with Gasteiger partial charge in [-0.1, -0.05) is 11.6 Å². The fourth-order valence-electron chi connectivity index (χ4n) is 0.679. The Hall–Kier alpha value is -1.16. The minimum atomic E-state index is -1.40. The highest BCUT2D eigenvalue weighted by atomic mass is 35.5. The Kier molecular flexibility index (Phi) is 2.28. The molecule has 0 amide bonds. The second kappa shape index (κ2) is 3.06. The number of rotatable bonds is 1. The van der Waals surface area contributed by atoms with Gasteiger partial charge in [-0.15, -0.1) is 0 Å². The summed E-state index contributed by atoms with van der Waals surface area (Å²) in [6.45, 7) is 0. The Balaban J connectivity index is 3.31. The highest BCUT2D eigenvalue weighted by Crippen LogP contribution is 2.20. The van der Waals surface area contributed by atoms with E-state index in [9.17, 15) is 13.6 Å². The zero-order chi connectivity index (χ0) is 9.30. The number of carboxylic acid groups (broad SMARTS) is 1. The van der Waals surface area contributed by atoms with Crippen molar-refractivity contribution in [1.29, 1.82) is 0 Å². The van der Waals surface area contributed by atoms with E-state index < -0.39 is 28.2 Å². The van der Waals surface area contributed by atoms with Crippen LogP contribution in [0.5, 0.6) is 0 Å². The minimum absolute atomic E-state index is 0.464. The molecular weight excluding hydrogens is 190 g/mol. The lowest BCUT2D eigenvalue weighted by atomic mass is 10.2. The van der Waals surface area contributed by atoms with Gasteiger partial charge in [-0.25, -0.2) is 13.6 Å². The highest BCUT2D eigenvalue weighted by molar-refractivity contribution is 6.31. The number of halogens is 3. The van der Waals surface area contributed by atoms with Crippen LogP contribution in [0.25, 0.3) is 0 Å². The Morgan fingerprint density at radius 2 is 1.75 bits per heavy atom.